The minimum absolute atomic E-state index is 0.698. The summed E-state index contributed by atoms with van der Waals surface area (Å²) in [5.41, 5.74) is 12.3. The van der Waals surface area contributed by atoms with Gasteiger partial charge >= 0.3 is 5.97 Å². The van der Waals surface area contributed by atoms with Crippen LogP contribution in [0, 0.1) is 0 Å². The lowest BCUT2D eigenvalue weighted by molar-refractivity contribution is -0.369. The Morgan fingerprint density at radius 2 is 1.34 bits per heavy atom. The van der Waals surface area contributed by atoms with Crippen LogP contribution in [0.1, 0.15) is 6.92 Å². The Bertz CT molecular complexity index is 825. The molecule has 222 valence electrons. The second-order valence-electron chi connectivity index (χ2n) is 9.78. The zero-order valence-electron chi connectivity index (χ0n) is 20.3. The summed E-state index contributed by atoms with van der Waals surface area (Å²) in [7, 11) is 0. The van der Waals surface area contributed by atoms with Crippen molar-refractivity contribution in [3.05, 3.63) is 0 Å². The second kappa shape index (κ2) is 11.7. The molecule has 3 aliphatic heterocycles. The van der Waals surface area contributed by atoms with Crippen LogP contribution in [0.25, 0.3) is 0 Å². The fourth-order valence-corrected chi connectivity index (χ4v) is 4.75. The molecule has 2 unspecified atom stereocenters. The third kappa shape index (κ3) is 5.17. The zero-order chi connectivity index (χ0) is 28.7. The molecular weight excluding hydrogens is 522 g/mol. The lowest BCUT2D eigenvalue weighted by Gasteiger charge is -2.53. The van der Waals surface area contributed by atoms with Crippen LogP contribution < -0.4 is 17.2 Å². The van der Waals surface area contributed by atoms with Crippen LogP contribution in [0.2, 0.25) is 0 Å². The molecule has 0 aromatic heterocycles. The molecule has 18 nitrogen and oxygen atoms in total. The number of carboxylic acids is 1. The van der Waals surface area contributed by atoms with Gasteiger partial charge in [-0.15, -0.1) is 0 Å². The van der Waals surface area contributed by atoms with E-state index in [1.165, 1.54) is 0 Å². The van der Waals surface area contributed by atoms with Gasteiger partial charge in [0, 0.05) is 0 Å². The first-order chi connectivity index (χ1) is 17.7. The minimum atomic E-state index is -3.03. The molecule has 0 amide bonds. The number of aliphatic carboxylic acids is 1. The van der Waals surface area contributed by atoms with E-state index in [4.69, 9.17) is 40.9 Å². The quantitative estimate of drug-likeness (QED) is 0.131. The van der Waals surface area contributed by atoms with Crippen LogP contribution >= 0.6 is 0 Å². The highest BCUT2D eigenvalue weighted by atomic mass is 16.7. The van der Waals surface area contributed by atoms with Crippen molar-refractivity contribution in [2.24, 2.45) is 17.2 Å². The van der Waals surface area contributed by atoms with E-state index in [1.807, 2.05) is 0 Å². The van der Waals surface area contributed by atoms with Crippen LogP contribution in [0.4, 0.5) is 0 Å². The molecule has 3 heterocycles. The van der Waals surface area contributed by atoms with Gasteiger partial charge in [-0.2, -0.15) is 0 Å². The SMILES string of the molecule is C[C@]1(CO)O[C@H](OC2[C@@H](CO)O[C@@H](OC3[C@@H](CO)O[C@@H](O)[C@H](N)[C@H]3O)[C@H](N)[C@H]2O)[C@H](N)[C@@H](O)[C@@]1(O)C(=O)O. The van der Waals surface area contributed by atoms with Crippen LogP contribution in [-0.4, -0.2) is 163 Å². The maximum absolute atomic E-state index is 11.7. The van der Waals surface area contributed by atoms with Crippen LogP contribution in [0.15, 0.2) is 0 Å². The van der Waals surface area contributed by atoms with Crippen molar-refractivity contribution < 1.29 is 74.4 Å². The van der Waals surface area contributed by atoms with Crippen molar-refractivity contribution in [2.45, 2.75) is 97.8 Å². The van der Waals surface area contributed by atoms with Crippen LogP contribution in [-0.2, 0) is 28.5 Å². The molecule has 38 heavy (non-hydrogen) atoms. The van der Waals surface area contributed by atoms with E-state index in [0.717, 1.165) is 6.92 Å². The maximum atomic E-state index is 11.7. The monoisotopic (exact) mass is 559 g/mol. The lowest BCUT2D eigenvalue weighted by Crippen LogP contribution is -2.78. The van der Waals surface area contributed by atoms with Gasteiger partial charge in [0.1, 0.15) is 48.3 Å². The minimum Gasteiger partial charge on any atom is -0.479 e. The third-order valence-corrected chi connectivity index (χ3v) is 7.32. The van der Waals surface area contributed by atoms with E-state index in [1.54, 1.807) is 0 Å². The van der Waals surface area contributed by atoms with Crippen molar-refractivity contribution in [3.63, 3.8) is 0 Å². The summed E-state index contributed by atoms with van der Waals surface area (Å²) in [4.78, 5) is 11.7. The van der Waals surface area contributed by atoms with E-state index in [0.29, 0.717) is 0 Å². The van der Waals surface area contributed by atoms with E-state index in [2.05, 4.69) is 0 Å². The van der Waals surface area contributed by atoms with Gasteiger partial charge < -0.3 is 86.8 Å². The molecule has 3 fully saturated rings. The summed E-state index contributed by atoms with van der Waals surface area (Å²) in [6.07, 6.45) is -15.9. The van der Waals surface area contributed by atoms with Gasteiger partial charge in [0.15, 0.2) is 18.9 Å². The Kier molecular flexibility index (Phi) is 9.69. The van der Waals surface area contributed by atoms with E-state index in [9.17, 15) is 50.8 Å². The van der Waals surface area contributed by atoms with Crippen LogP contribution in [0.3, 0.4) is 0 Å². The van der Waals surface area contributed by atoms with Crippen molar-refractivity contribution >= 4 is 5.97 Å². The molecule has 3 aliphatic rings. The molecule has 15 N–H and O–H groups in total. The maximum Gasteiger partial charge on any atom is 0.341 e. The number of carboxylic acid groups (broad SMARTS) is 1. The average Bonchev–Trinajstić information content (AvgIpc) is 2.89. The average molecular weight is 560 g/mol. The fraction of sp³-hybridized carbons (Fsp3) is 0.950. The number of ether oxygens (including phenoxy) is 5. The highest BCUT2D eigenvalue weighted by Crippen LogP contribution is 2.39. The molecule has 0 spiro atoms. The summed E-state index contributed by atoms with van der Waals surface area (Å²) in [6.45, 7) is -1.59. The van der Waals surface area contributed by atoms with E-state index in [-0.39, 0.29) is 0 Å². The normalized spacial score (nSPS) is 52.1. The molecule has 3 saturated heterocycles. The molecule has 0 aliphatic carbocycles. The molecule has 0 bridgehead atoms. The van der Waals surface area contributed by atoms with Gasteiger partial charge in [-0.05, 0) is 6.92 Å². The number of aliphatic hydroxyl groups is 8. The molecule has 0 aromatic carbocycles. The first-order valence-electron chi connectivity index (χ1n) is 11.8. The highest BCUT2D eigenvalue weighted by molar-refractivity contribution is 5.80. The number of rotatable bonds is 8. The summed E-state index contributed by atoms with van der Waals surface area (Å²) in [6, 6.07) is -4.48. The molecule has 18 heteroatoms. The summed E-state index contributed by atoms with van der Waals surface area (Å²) in [5.74, 6) is -1.92. The largest absolute Gasteiger partial charge is 0.479 e. The number of hydrogen-bond acceptors (Lipinski definition) is 17. The molecular formula is C20H37N3O15. The summed E-state index contributed by atoms with van der Waals surface area (Å²) in [5, 5.41) is 90.9. The second-order valence-corrected chi connectivity index (χ2v) is 9.78. The predicted octanol–water partition coefficient (Wildman–Crippen LogP) is -7.83. The topological polar surface area (TPSA) is 323 Å². The number of hydrogen-bond donors (Lipinski definition) is 12. The van der Waals surface area contributed by atoms with Gasteiger partial charge in [-0.3, -0.25) is 0 Å². The standard InChI is InChI=1S/C20H37N3O15/c1-19(4-26)20(33,18(31)32)14(29)9(23)17(38-19)37-13-6(3-25)35-16(8(22)11(13)28)36-12-5(2-24)34-15(30)7(21)10(12)27/h5-17,24-30,33H,2-4,21-23H2,1H3,(H,31,32)/t5-,6-,7-,8-,9-,10-,11-,12?,13?,14-,15-,16+,17+,19-,20-/m1/s1. The zero-order valence-corrected chi connectivity index (χ0v) is 20.3. The summed E-state index contributed by atoms with van der Waals surface area (Å²) >= 11 is 0. The fourth-order valence-electron chi connectivity index (χ4n) is 4.75. The first-order valence-corrected chi connectivity index (χ1v) is 11.8. The van der Waals surface area contributed by atoms with Gasteiger partial charge in [0.25, 0.3) is 0 Å². The molecule has 0 saturated carbocycles. The molecule has 0 aromatic rings. The van der Waals surface area contributed by atoms with Crippen molar-refractivity contribution in [1.82, 2.24) is 0 Å². The van der Waals surface area contributed by atoms with Crippen molar-refractivity contribution in [1.29, 1.82) is 0 Å². The van der Waals surface area contributed by atoms with Gasteiger partial charge in [0.05, 0.1) is 37.9 Å². The number of nitrogens with two attached hydrogens (primary N) is 3. The smallest absolute Gasteiger partial charge is 0.341 e. The van der Waals surface area contributed by atoms with Crippen LogP contribution in [0.5, 0.6) is 0 Å². The molecule has 0 radical (unpaired) electrons. The number of carbonyl (C=O) groups is 1. The Labute approximate surface area is 216 Å². The van der Waals surface area contributed by atoms with Gasteiger partial charge in [-0.1, -0.05) is 0 Å². The third-order valence-electron chi connectivity index (χ3n) is 7.32. The van der Waals surface area contributed by atoms with E-state index < -0.39 is 117 Å². The molecule has 3 rings (SSSR count). The summed E-state index contributed by atoms with van der Waals surface area (Å²) < 4.78 is 27.5. The number of aliphatic hydroxyl groups excluding tert-OH is 7. The van der Waals surface area contributed by atoms with Gasteiger partial charge in [0.2, 0.25) is 5.60 Å². The predicted molar refractivity (Wildman–Crippen MR) is 118 cm³/mol. The van der Waals surface area contributed by atoms with Crippen molar-refractivity contribution in [3.8, 4) is 0 Å². The first kappa shape index (κ1) is 31.4. The Hall–Kier alpha value is -1.17. The van der Waals surface area contributed by atoms with E-state index >= 15 is 0 Å². The van der Waals surface area contributed by atoms with Gasteiger partial charge in [-0.25, -0.2) is 4.79 Å². The highest BCUT2D eigenvalue weighted by Gasteiger charge is 2.66. The Balaban J connectivity index is 1.79. The Morgan fingerprint density at radius 1 is 0.842 bits per heavy atom. The Morgan fingerprint density at radius 3 is 1.84 bits per heavy atom. The lowest BCUT2D eigenvalue weighted by atomic mass is 9.75. The van der Waals surface area contributed by atoms with Crippen molar-refractivity contribution in [2.75, 3.05) is 19.8 Å². The molecule has 15 atom stereocenters.